The van der Waals surface area contributed by atoms with E-state index in [4.69, 9.17) is 21.1 Å². The summed E-state index contributed by atoms with van der Waals surface area (Å²) in [6, 6.07) is 4.44. The highest BCUT2D eigenvalue weighted by Gasteiger charge is 2.33. The van der Waals surface area contributed by atoms with Crippen LogP contribution in [-0.2, 0) is 15.7 Å². The van der Waals surface area contributed by atoms with Gasteiger partial charge in [-0.1, -0.05) is 11.6 Å². The molecule has 1 N–H and O–H groups in total. The topological polar surface area (TPSA) is 113 Å². The third kappa shape index (κ3) is 5.20. The van der Waals surface area contributed by atoms with Crippen LogP contribution in [0.25, 0.3) is 5.69 Å². The summed E-state index contributed by atoms with van der Waals surface area (Å²) in [5.74, 6) is -2.46. The summed E-state index contributed by atoms with van der Waals surface area (Å²) < 4.78 is 68.8. The summed E-state index contributed by atoms with van der Waals surface area (Å²) in [4.78, 5) is 41.4. The Bertz CT molecular complexity index is 1320. The molecule has 0 bridgehead atoms. The highest BCUT2D eigenvalue weighted by atomic mass is 35.5. The Morgan fingerprint density at radius 2 is 1.91 bits per heavy atom. The molecule has 9 nitrogen and oxygen atoms in total. The zero-order valence-electron chi connectivity index (χ0n) is 17.3. The molecule has 0 spiro atoms. The molecule has 0 aliphatic rings. The zero-order chi connectivity index (χ0) is 25.2. The van der Waals surface area contributed by atoms with Crippen molar-refractivity contribution in [3.05, 3.63) is 73.9 Å². The summed E-state index contributed by atoms with van der Waals surface area (Å²) >= 11 is 6.01. The summed E-state index contributed by atoms with van der Waals surface area (Å²) in [5, 5.41) is -0.312. The van der Waals surface area contributed by atoms with Crippen LogP contribution in [0.3, 0.4) is 0 Å². The lowest BCUT2D eigenvalue weighted by Gasteiger charge is -2.16. The van der Waals surface area contributed by atoms with Gasteiger partial charge in [0.1, 0.15) is 17.3 Å². The van der Waals surface area contributed by atoms with Gasteiger partial charge < -0.3 is 19.2 Å². The number of pyridine rings is 1. The van der Waals surface area contributed by atoms with Crippen LogP contribution in [-0.4, -0.2) is 33.7 Å². The zero-order valence-corrected chi connectivity index (χ0v) is 18.0. The highest BCUT2D eigenvalue weighted by Crippen LogP contribution is 2.36. The minimum Gasteiger partial charge on any atom is -0.466 e. The molecule has 0 amide bonds. The molecule has 0 saturated heterocycles. The van der Waals surface area contributed by atoms with E-state index in [1.165, 1.54) is 30.2 Å². The second-order valence-electron chi connectivity index (χ2n) is 6.59. The van der Waals surface area contributed by atoms with Crippen molar-refractivity contribution in [1.29, 1.82) is 0 Å². The van der Waals surface area contributed by atoms with E-state index < -0.39 is 46.7 Å². The average molecular weight is 504 g/mol. The van der Waals surface area contributed by atoms with Gasteiger partial charge in [-0.05, 0) is 25.1 Å². The monoisotopic (exact) mass is 503 g/mol. The number of alkyl halides is 3. The summed E-state index contributed by atoms with van der Waals surface area (Å²) in [6.07, 6.45) is -4.75. The lowest BCUT2D eigenvalue weighted by molar-refractivity contribution is -0.148. The summed E-state index contributed by atoms with van der Waals surface area (Å²) in [7, 11) is 1.16. The number of hydrogen-bond donors (Lipinski definition) is 1. The van der Waals surface area contributed by atoms with Crippen LogP contribution in [0.4, 0.5) is 17.6 Å². The largest absolute Gasteiger partial charge is 0.466 e. The molecular weight excluding hydrogens is 490 g/mol. The van der Waals surface area contributed by atoms with E-state index in [0.717, 1.165) is 13.2 Å². The van der Waals surface area contributed by atoms with Crippen LogP contribution < -0.4 is 20.7 Å². The van der Waals surface area contributed by atoms with Crippen molar-refractivity contribution in [3.63, 3.8) is 0 Å². The van der Waals surface area contributed by atoms with E-state index >= 15 is 0 Å². The molecule has 180 valence electrons. The number of carbonyl (C=O) groups is 1. The molecule has 14 heteroatoms. The molecule has 34 heavy (non-hydrogen) atoms. The predicted molar refractivity (Wildman–Crippen MR) is 109 cm³/mol. The van der Waals surface area contributed by atoms with E-state index in [1.807, 2.05) is 0 Å². The van der Waals surface area contributed by atoms with E-state index in [0.29, 0.717) is 6.07 Å². The first kappa shape index (κ1) is 24.8. The highest BCUT2D eigenvalue weighted by molar-refractivity contribution is 6.32. The van der Waals surface area contributed by atoms with Crippen LogP contribution in [0, 0.1) is 5.82 Å². The molecule has 0 saturated carbocycles. The van der Waals surface area contributed by atoms with Gasteiger partial charge in [-0.3, -0.25) is 4.79 Å². The molecule has 0 aliphatic carbocycles. The molecule has 1 unspecified atom stereocenters. The molecular formula is C20H14ClF4N3O6. The van der Waals surface area contributed by atoms with Gasteiger partial charge in [0.05, 0.1) is 17.8 Å². The number of hydrogen-bond acceptors (Lipinski definition) is 7. The van der Waals surface area contributed by atoms with Crippen molar-refractivity contribution >= 4 is 17.6 Å². The number of esters is 1. The standard InChI is InChI=1S/C20H14ClF4N3O6/c1-9(18(30)32-2)33-17-13(4-3-5-26-17)34-14-7-12(11(22)6-10(14)21)28-16(29)8-15(20(23,24)25)27-19(28)31/h3-9H,1-2H3,(H,27,31). The number of ether oxygens (including phenoxy) is 3. The van der Waals surface area contributed by atoms with Gasteiger partial charge in [0.25, 0.3) is 11.4 Å². The molecule has 3 rings (SSSR count). The maximum absolute atomic E-state index is 14.6. The van der Waals surface area contributed by atoms with Crippen LogP contribution >= 0.6 is 11.6 Å². The minimum absolute atomic E-state index is 0.0913. The Morgan fingerprint density at radius 1 is 1.21 bits per heavy atom. The van der Waals surface area contributed by atoms with Crippen molar-refractivity contribution in [2.45, 2.75) is 19.2 Å². The van der Waals surface area contributed by atoms with E-state index in [9.17, 15) is 31.9 Å². The van der Waals surface area contributed by atoms with Gasteiger partial charge in [0.15, 0.2) is 11.9 Å². The van der Waals surface area contributed by atoms with Gasteiger partial charge in [-0.2, -0.15) is 13.2 Å². The van der Waals surface area contributed by atoms with Gasteiger partial charge in [0.2, 0.25) is 0 Å². The molecule has 0 fully saturated rings. The maximum Gasteiger partial charge on any atom is 0.431 e. The normalized spacial score (nSPS) is 12.2. The second-order valence-corrected chi connectivity index (χ2v) is 6.99. The third-order valence-corrected chi connectivity index (χ3v) is 4.55. The van der Waals surface area contributed by atoms with Gasteiger partial charge >= 0.3 is 17.8 Å². The first-order valence-electron chi connectivity index (χ1n) is 9.22. The molecule has 2 aromatic heterocycles. The summed E-state index contributed by atoms with van der Waals surface area (Å²) in [5.41, 5.74) is -5.31. The first-order valence-corrected chi connectivity index (χ1v) is 9.60. The quantitative estimate of drug-likeness (QED) is 0.405. The number of H-pyrrole nitrogens is 1. The molecule has 3 aromatic rings. The van der Waals surface area contributed by atoms with Gasteiger partial charge in [-0.25, -0.2) is 23.5 Å². The second kappa shape index (κ2) is 9.55. The van der Waals surface area contributed by atoms with Crippen molar-refractivity contribution in [2.24, 2.45) is 0 Å². The number of halogens is 5. The fourth-order valence-corrected chi connectivity index (χ4v) is 2.88. The Labute approximate surface area is 192 Å². The molecule has 0 radical (unpaired) electrons. The van der Waals surface area contributed by atoms with Crippen molar-refractivity contribution < 1.29 is 36.6 Å². The predicted octanol–water partition coefficient (Wildman–Crippen LogP) is 3.46. The molecule has 0 aliphatic heterocycles. The molecule has 1 atom stereocenters. The van der Waals surface area contributed by atoms with Crippen LogP contribution in [0.1, 0.15) is 12.6 Å². The smallest absolute Gasteiger partial charge is 0.431 e. The SMILES string of the molecule is COC(=O)C(C)Oc1ncccc1Oc1cc(-n2c(=O)cc(C(F)(F)F)[nH]c2=O)c(F)cc1Cl. The molecule has 2 heterocycles. The fraction of sp³-hybridized carbons (Fsp3) is 0.200. The Kier molecular flexibility index (Phi) is 6.96. The number of aromatic nitrogens is 3. The first-order chi connectivity index (χ1) is 15.9. The number of carbonyl (C=O) groups excluding carboxylic acids is 1. The van der Waals surface area contributed by atoms with Crippen LogP contribution in [0.5, 0.6) is 17.4 Å². The number of benzene rings is 1. The fourth-order valence-electron chi connectivity index (χ4n) is 2.69. The Balaban J connectivity index is 2.05. The Hall–Kier alpha value is -3.87. The number of methoxy groups -OCH3 is 1. The van der Waals surface area contributed by atoms with Crippen molar-refractivity contribution in [3.8, 4) is 23.1 Å². The lowest BCUT2D eigenvalue weighted by atomic mass is 10.2. The Morgan fingerprint density at radius 3 is 2.53 bits per heavy atom. The van der Waals surface area contributed by atoms with E-state index in [-0.39, 0.29) is 33.0 Å². The lowest BCUT2D eigenvalue weighted by Crippen LogP contribution is -2.36. The third-order valence-electron chi connectivity index (χ3n) is 4.26. The van der Waals surface area contributed by atoms with Gasteiger partial charge in [0, 0.05) is 18.3 Å². The van der Waals surface area contributed by atoms with Gasteiger partial charge in [-0.15, -0.1) is 0 Å². The van der Waals surface area contributed by atoms with Crippen LogP contribution in [0.2, 0.25) is 5.02 Å². The maximum atomic E-state index is 14.6. The van der Waals surface area contributed by atoms with Crippen molar-refractivity contribution in [1.82, 2.24) is 14.5 Å². The number of nitrogens with zero attached hydrogens (tertiary/aromatic N) is 2. The number of rotatable bonds is 6. The van der Waals surface area contributed by atoms with E-state index in [1.54, 1.807) is 0 Å². The molecule has 1 aromatic carbocycles. The van der Waals surface area contributed by atoms with Crippen LogP contribution in [0.15, 0.2) is 46.1 Å². The number of aromatic amines is 1. The average Bonchev–Trinajstić information content (AvgIpc) is 2.76. The number of nitrogens with one attached hydrogen (secondary N) is 1. The van der Waals surface area contributed by atoms with Crippen molar-refractivity contribution in [2.75, 3.05) is 7.11 Å². The minimum atomic E-state index is -5.00. The summed E-state index contributed by atoms with van der Waals surface area (Å²) in [6.45, 7) is 1.39. The van der Waals surface area contributed by atoms with E-state index in [2.05, 4.69) is 9.72 Å².